The van der Waals surface area contributed by atoms with E-state index in [9.17, 15) is 9.59 Å². The van der Waals surface area contributed by atoms with Gasteiger partial charge in [0.25, 0.3) is 0 Å². The molecule has 126 valence electrons. The summed E-state index contributed by atoms with van der Waals surface area (Å²) < 4.78 is 10.2. The number of carbonyl (C=O) groups is 2. The van der Waals surface area contributed by atoms with Crippen LogP contribution >= 0.6 is 11.6 Å². The van der Waals surface area contributed by atoms with Crippen LogP contribution < -0.4 is 4.74 Å². The number of fused-ring (bicyclic) bond motifs is 1. The molecule has 1 aromatic heterocycles. The Hall–Kier alpha value is -2.92. The minimum Gasteiger partial charge on any atom is -0.446 e. The number of esters is 2. The van der Waals surface area contributed by atoms with Gasteiger partial charge in [-0.15, -0.1) is 0 Å². The second-order valence-corrected chi connectivity index (χ2v) is 5.43. The summed E-state index contributed by atoms with van der Waals surface area (Å²) in [5, 5.41) is 0.522. The zero-order valence-electron chi connectivity index (χ0n) is 13.4. The minimum absolute atomic E-state index is 0.257. The number of nitrogens with zero attached hydrogens (tertiary/aromatic N) is 1. The molecule has 0 aliphatic rings. The molecule has 0 atom stereocenters. The third kappa shape index (κ3) is 3.61. The summed E-state index contributed by atoms with van der Waals surface area (Å²) in [5.41, 5.74) is 2.09. The summed E-state index contributed by atoms with van der Waals surface area (Å²) in [4.78, 5) is 28.3. The van der Waals surface area contributed by atoms with Crippen molar-refractivity contribution in [2.24, 2.45) is 0 Å². The van der Waals surface area contributed by atoms with E-state index in [1.54, 1.807) is 24.3 Å². The third-order valence-corrected chi connectivity index (χ3v) is 3.64. The molecule has 25 heavy (non-hydrogen) atoms. The van der Waals surface area contributed by atoms with Crippen molar-refractivity contribution < 1.29 is 19.1 Å². The van der Waals surface area contributed by atoms with Gasteiger partial charge in [0.2, 0.25) is 0 Å². The number of halogens is 1. The largest absolute Gasteiger partial charge is 0.446 e. The van der Waals surface area contributed by atoms with E-state index in [0.29, 0.717) is 22.2 Å². The summed E-state index contributed by atoms with van der Waals surface area (Å²) in [6.07, 6.45) is 0. The van der Waals surface area contributed by atoms with Crippen LogP contribution in [0.5, 0.6) is 5.75 Å². The highest BCUT2D eigenvalue weighted by Gasteiger charge is 2.18. The molecule has 3 rings (SSSR count). The van der Waals surface area contributed by atoms with E-state index in [-0.39, 0.29) is 11.8 Å². The molecule has 0 fully saturated rings. The van der Waals surface area contributed by atoms with Gasteiger partial charge in [0.05, 0.1) is 11.3 Å². The van der Waals surface area contributed by atoms with Gasteiger partial charge in [-0.25, -0.2) is 9.78 Å². The van der Waals surface area contributed by atoms with E-state index in [0.717, 1.165) is 5.56 Å². The fraction of sp³-hybridized carbons (Fsp3) is 0.105. The SMILES string of the molecule is CC(=O)Oc1cccc2c(C(=O)OCCl)cc(-c3ccccc3)nc12. The number of alkyl halides is 1. The molecular formula is C19H14ClNO4. The molecule has 0 saturated carbocycles. The van der Waals surface area contributed by atoms with Crippen LogP contribution in [0.15, 0.2) is 54.6 Å². The van der Waals surface area contributed by atoms with Gasteiger partial charge in [0.15, 0.2) is 11.8 Å². The highest BCUT2D eigenvalue weighted by Crippen LogP contribution is 2.31. The molecule has 0 N–H and O–H groups in total. The summed E-state index contributed by atoms with van der Waals surface area (Å²) >= 11 is 5.53. The molecule has 0 aliphatic heterocycles. The van der Waals surface area contributed by atoms with E-state index in [1.165, 1.54) is 6.92 Å². The van der Waals surface area contributed by atoms with Gasteiger partial charge >= 0.3 is 11.9 Å². The molecule has 6 heteroatoms. The van der Waals surface area contributed by atoms with E-state index in [2.05, 4.69) is 4.98 Å². The predicted octanol–water partition coefficient (Wildman–Crippen LogP) is 4.18. The van der Waals surface area contributed by atoms with Gasteiger partial charge in [-0.3, -0.25) is 4.79 Å². The van der Waals surface area contributed by atoms with Crippen molar-refractivity contribution in [1.82, 2.24) is 4.98 Å². The first-order chi connectivity index (χ1) is 12.1. The Labute approximate surface area is 149 Å². The fourth-order valence-corrected chi connectivity index (χ4v) is 2.61. The topological polar surface area (TPSA) is 65.5 Å². The lowest BCUT2D eigenvalue weighted by Crippen LogP contribution is -2.07. The van der Waals surface area contributed by atoms with Crippen molar-refractivity contribution in [2.45, 2.75) is 6.92 Å². The van der Waals surface area contributed by atoms with E-state index in [4.69, 9.17) is 21.1 Å². The summed E-state index contributed by atoms with van der Waals surface area (Å²) in [5.74, 6) is -0.758. The first kappa shape index (κ1) is 16.9. The third-order valence-electron chi connectivity index (χ3n) is 3.53. The van der Waals surface area contributed by atoms with Crippen LogP contribution in [0, 0.1) is 0 Å². The van der Waals surface area contributed by atoms with Crippen molar-refractivity contribution in [3.63, 3.8) is 0 Å². The van der Waals surface area contributed by atoms with Crippen LogP contribution in [0.2, 0.25) is 0 Å². The van der Waals surface area contributed by atoms with Crippen molar-refractivity contribution in [2.75, 3.05) is 6.07 Å². The Bertz CT molecular complexity index is 941. The highest BCUT2D eigenvalue weighted by atomic mass is 35.5. The normalized spacial score (nSPS) is 10.5. The predicted molar refractivity (Wildman–Crippen MR) is 94.6 cm³/mol. The van der Waals surface area contributed by atoms with E-state index < -0.39 is 11.9 Å². The number of benzene rings is 2. The Morgan fingerprint density at radius 3 is 2.52 bits per heavy atom. The number of carbonyl (C=O) groups excluding carboxylic acids is 2. The van der Waals surface area contributed by atoms with Crippen LogP contribution in [0.1, 0.15) is 17.3 Å². The Balaban J connectivity index is 2.28. The van der Waals surface area contributed by atoms with Crippen molar-refractivity contribution in [1.29, 1.82) is 0 Å². The van der Waals surface area contributed by atoms with Crippen molar-refractivity contribution in [3.8, 4) is 17.0 Å². The van der Waals surface area contributed by atoms with E-state index >= 15 is 0 Å². The quantitative estimate of drug-likeness (QED) is 0.399. The molecule has 2 aromatic carbocycles. The minimum atomic E-state index is -0.570. The van der Waals surface area contributed by atoms with Gasteiger partial charge in [-0.1, -0.05) is 54.1 Å². The van der Waals surface area contributed by atoms with Crippen LogP contribution in [-0.4, -0.2) is 23.0 Å². The first-order valence-corrected chi connectivity index (χ1v) is 8.04. The number of ether oxygens (including phenoxy) is 2. The zero-order valence-corrected chi connectivity index (χ0v) is 14.1. The van der Waals surface area contributed by atoms with Crippen molar-refractivity contribution >= 4 is 34.4 Å². The van der Waals surface area contributed by atoms with Gasteiger partial charge in [-0.05, 0) is 12.1 Å². The summed E-state index contributed by atoms with van der Waals surface area (Å²) in [7, 11) is 0. The molecule has 0 radical (unpaired) electrons. The van der Waals surface area contributed by atoms with Gasteiger partial charge in [0.1, 0.15) is 5.52 Å². The molecular weight excluding hydrogens is 342 g/mol. The number of rotatable bonds is 4. The molecule has 1 heterocycles. The van der Waals surface area contributed by atoms with Crippen molar-refractivity contribution in [3.05, 3.63) is 60.2 Å². The molecule has 3 aromatic rings. The Morgan fingerprint density at radius 1 is 1.08 bits per heavy atom. The average Bonchev–Trinajstić information content (AvgIpc) is 2.61. The fourth-order valence-electron chi connectivity index (χ4n) is 2.51. The molecule has 0 saturated heterocycles. The molecule has 0 unspecified atom stereocenters. The van der Waals surface area contributed by atoms with Gasteiger partial charge < -0.3 is 9.47 Å². The first-order valence-electron chi connectivity index (χ1n) is 7.51. The van der Waals surface area contributed by atoms with Crippen LogP contribution in [0.4, 0.5) is 0 Å². The number of aromatic nitrogens is 1. The summed E-state index contributed by atoms with van der Waals surface area (Å²) in [6, 6.07) is 15.8. The Kier molecular flexibility index (Phi) is 4.95. The lowest BCUT2D eigenvalue weighted by Gasteiger charge is -2.11. The van der Waals surface area contributed by atoms with Gasteiger partial charge in [0, 0.05) is 17.9 Å². The maximum absolute atomic E-state index is 12.3. The molecule has 0 spiro atoms. The van der Waals surface area contributed by atoms with Crippen LogP contribution in [0.25, 0.3) is 22.2 Å². The molecule has 0 amide bonds. The van der Waals surface area contributed by atoms with Crippen LogP contribution in [0.3, 0.4) is 0 Å². The standard InChI is InChI=1S/C19H14ClNO4/c1-12(22)25-17-9-5-8-14-15(19(23)24-11-20)10-16(21-18(14)17)13-6-3-2-4-7-13/h2-10H,11H2,1H3. The number of hydrogen-bond acceptors (Lipinski definition) is 5. The lowest BCUT2D eigenvalue weighted by molar-refractivity contribution is -0.131. The summed E-state index contributed by atoms with van der Waals surface area (Å²) in [6.45, 7) is 1.31. The maximum Gasteiger partial charge on any atom is 0.340 e. The maximum atomic E-state index is 12.3. The number of para-hydroxylation sites is 1. The highest BCUT2D eigenvalue weighted by molar-refractivity contribution is 6.18. The number of pyridine rings is 1. The number of hydrogen-bond donors (Lipinski definition) is 0. The van der Waals surface area contributed by atoms with Crippen LogP contribution in [-0.2, 0) is 9.53 Å². The lowest BCUT2D eigenvalue weighted by atomic mass is 10.0. The second-order valence-electron chi connectivity index (χ2n) is 5.21. The Morgan fingerprint density at radius 2 is 1.84 bits per heavy atom. The second kappa shape index (κ2) is 7.32. The van der Waals surface area contributed by atoms with Gasteiger partial charge in [-0.2, -0.15) is 0 Å². The monoisotopic (exact) mass is 355 g/mol. The molecule has 0 bridgehead atoms. The molecule has 0 aliphatic carbocycles. The molecule has 5 nitrogen and oxygen atoms in total. The van der Waals surface area contributed by atoms with E-state index in [1.807, 2.05) is 30.3 Å². The average molecular weight is 356 g/mol. The smallest absolute Gasteiger partial charge is 0.340 e. The zero-order chi connectivity index (χ0) is 17.8.